The van der Waals surface area contributed by atoms with Crippen LogP contribution < -0.4 is 5.32 Å². The van der Waals surface area contributed by atoms with E-state index in [1.54, 1.807) is 18.7 Å². The third-order valence-electron chi connectivity index (χ3n) is 2.51. The van der Waals surface area contributed by atoms with E-state index in [2.05, 4.69) is 10.4 Å². The second-order valence-corrected chi connectivity index (χ2v) is 3.91. The Labute approximate surface area is 95.1 Å². The van der Waals surface area contributed by atoms with Gasteiger partial charge >= 0.3 is 0 Å². The molecular formula is C11H16N4O. The van der Waals surface area contributed by atoms with Gasteiger partial charge in [-0.25, -0.2) is 0 Å². The van der Waals surface area contributed by atoms with E-state index in [0.29, 0.717) is 17.7 Å². The van der Waals surface area contributed by atoms with Crippen molar-refractivity contribution in [1.82, 2.24) is 15.1 Å². The molecule has 0 saturated heterocycles. The summed E-state index contributed by atoms with van der Waals surface area (Å²) in [7, 11) is 1.80. The fourth-order valence-corrected chi connectivity index (χ4v) is 1.59. The maximum atomic E-state index is 11.9. The van der Waals surface area contributed by atoms with Crippen LogP contribution in [-0.4, -0.2) is 21.7 Å². The van der Waals surface area contributed by atoms with Gasteiger partial charge in [0.05, 0.1) is 23.7 Å². The smallest absolute Gasteiger partial charge is 0.255 e. The zero-order valence-electron chi connectivity index (χ0n) is 10.0. The highest BCUT2D eigenvalue weighted by Crippen LogP contribution is 2.11. The number of hydrogen-bond acceptors (Lipinski definition) is 3. The molecule has 0 aromatic carbocycles. The molecule has 0 spiro atoms. The van der Waals surface area contributed by atoms with Gasteiger partial charge in [-0.1, -0.05) is 0 Å². The number of aromatic nitrogens is 2. The van der Waals surface area contributed by atoms with E-state index in [-0.39, 0.29) is 11.9 Å². The maximum Gasteiger partial charge on any atom is 0.255 e. The van der Waals surface area contributed by atoms with Crippen LogP contribution in [0.4, 0.5) is 0 Å². The molecular weight excluding hydrogens is 204 g/mol. The first kappa shape index (κ1) is 12.2. The molecule has 1 aromatic rings. The molecule has 0 aliphatic rings. The SMILES string of the molecule is Cc1nn(C)c(C)c1C(=O)NC(C)CC#N. The van der Waals surface area contributed by atoms with Gasteiger partial charge in [0.2, 0.25) is 0 Å². The summed E-state index contributed by atoms with van der Waals surface area (Å²) in [5, 5.41) is 15.5. The first-order chi connectivity index (χ1) is 7.47. The average molecular weight is 220 g/mol. The zero-order valence-corrected chi connectivity index (χ0v) is 10.0. The lowest BCUT2D eigenvalue weighted by atomic mass is 10.1. The van der Waals surface area contributed by atoms with Crippen LogP contribution in [0.15, 0.2) is 0 Å². The van der Waals surface area contributed by atoms with Gasteiger partial charge < -0.3 is 5.32 Å². The number of nitrogens with zero attached hydrogens (tertiary/aromatic N) is 3. The third-order valence-corrected chi connectivity index (χ3v) is 2.51. The number of aryl methyl sites for hydroxylation is 2. The quantitative estimate of drug-likeness (QED) is 0.828. The van der Waals surface area contributed by atoms with Crippen LogP contribution in [0, 0.1) is 25.2 Å². The second-order valence-electron chi connectivity index (χ2n) is 3.91. The second kappa shape index (κ2) is 4.79. The summed E-state index contributed by atoms with van der Waals surface area (Å²) in [6.07, 6.45) is 0.310. The van der Waals surface area contributed by atoms with Crippen molar-refractivity contribution in [3.05, 3.63) is 17.0 Å². The number of nitriles is 1. The predicted molar refractivity (Wildman–Crippen MR) is 59.8 cm³/mol. The van der Waals surface area contributed by atoms with Crippen LogP contribution in [0.25, 0.3) is 0 Å². The minimum absolute atomic E-state index is 0.142. The van der Waals surface area contributed by atoms with Gasteiger partial charge in [-0.2, -0.15) is 10.4 Å². The molecule has 1 unspecified atom stereocenters. The first-order valence-corrected chi connectivity index (χ1v) is 5.15. The van der Waals surface area contributed by atoms with Crippen LogP contribution in [-0.2, 0) is 7.05 Å². The van der Waals surface area contributed by atoms with E-state index in [4.69, 9.17) is 5.26 Å². The van der Waals surface area contributed by atoms with Crippen molar-refractivity contribution < 1.29 is 4.79 Å². The Bertz CT molecular complexity index is 442. The zero-order chi connectivity index (χ0) is 12.3. The van der Waals surface area contributed by atoms with Crippen molar-refractivity contribution in [2.24, 2.45) is 7.05 Å². The molecule has 86 valence electrons. The molecule has 16 heavy (non-hydrogen) atoms. The van der Waals surface area contributed by atoms with E-state index in [1.165, 1.54) is 0 Å². The largest absolute Gasteiger partial charge is 0.348 e. The number of carbonyl (C=O) groups is 1. The molecule has 1 atom stereocenters. The minimum atomic E-state index is -0.161. The van der Waals surface area contributed by atoms with Crippen LogP contribution in [0.5, 0.6) is 0 Å². The summed E-state index contributed by atoms with van der Waals surface area (Å²) < 4.78 is 1.68. The number of hydrogen-bond donors (Lipinski definition) is 1. The molecule has 0 fully saturated rings. The monoisotopic (exact) mass is 220 g/mol. The van der Waals surface area contributed by atoms with E-state index in [0.717, 1.165) is 5.69 Å². The van der Waals surface area contributed by atoms with Crippen molar-refractivity contribution in [2.75, 3.05) is 0 Å². The highest BCUT2D eigenvalue weighted by Gasteiger charge is 2.18. The van der Waals surface area contributed by atoms with Gasteiger partial charge in [0.25, 0.3) is 5.91 Å². The number of nitrogens with one attached hydrogen (secondary N) is 1. The topological polar surface area (TPSA) is 70.7 Å². The normalized spacial score (nSPS) is 11.9. The molecule has 1 N–H and O–H groups in total. The van der Waals surface area contributed by atoms with Gasteiger partial charge in [-0.15, -0.1) is 0 Å². The van der Waals surface area contributed by atoms with Crippen LogP contribution >= 0.6 is 0 Å². The Morgan fingerprint density at radius 2 is 2.25 bits per heavy atom. The Kier molecular flexibility index (Phi) is 3.67. The molecule has 1 aromatic heterocycles. The van der Waals surface area contributed by atoms with Crippen LogP contribution in [0.3, 0.4) is 0 Å². The number of amides is 1. The van der Waals surface area contributed by atoms with Crippen molar-refractivity contribution in [2.45, 2.75) is 33.2 Å². The van der Waals surface area contributed by atoms with Gasteiger partial charge in [-0.05, 0) is 20.8 Å². The summed E-state index contributed by atoms with van der Waals surface area (Å²) in [4.78, 5) is 11.9. The fraction of sp³-hybridized carbons (Fsp3) is 0.545. The minimum Gasteiger partial charge on any atom is -0.348 e. The van der Waals surface area contributed by atoms with Crippen LogP contribution in [0.2, 0.25) is 0 Å². The Balaban J connectivity index is 2.85. The predicted octanol–water partition coefficient (Wildman–Crippen LogP) is 1.07. The number of carbonyl (C=O) groups excluding carboxylic acids is 1. The summed E-state index contributed by atoms with van der Waals surface area (Å²) in [5.74, 6) is -0.161. The average Bonchev–Trinajstić information content (AvgIpc) is 2.41. The van der Waals surface area contributed by atoms with Gasteiger partial charge in [0, 0.05) is 18.8 Å². The molecule has 1 rings (SSSR count). The molecule has 0 aliphatic heterocycles. The molecule has 0 bridgehead atoms. The first-order valence-electron chi connectivity index (χ1n) is 5.15. The lowest BCUT2D eigenvalue weighted by Crippen LogP contribution is -2.32. The highest BCUT2D eigenvalue weighted by molar-refractivity contribution is 5.96. The Morgan fingerprint density at radius 1 is 1.62 bits per heavy atom. The molecule has 0 aliphatic carbocycles. The molecule has 0 radical (unpaired) electrons. The Hall–Kier alpha value is -1.83. The summed E-state index contributed by atoms with van der Waals surface area (Å²) in [6, 6.07) is 1.88. The standard InChI is InChI=1S/C11H16N4O/c1-7(5-6-12)13-11(16)10-8(2)14-15(4)9(10)3/h7H,5H2,1-4H3,(H,13,16). The van der Waals surface area contributed by atoms with E-state index < -0.39 is 0 Å². The van der Waals surface area contributed by atoms with Crippen molar-refractivity contribution >= 4 is 5.91 Å². The Morgan fingerprint density at radius 3 is 2.69 bits per heavy atom. The van der Waals surface area contributed by atoms with Gasteiger partial charge in [-0.3, -0.25) is 9.48 Å². The van der Waals surface area contributed by atoms with Gasteiger partial charge in [0.1, 0.15) is 0 Å². The molecule has 1 amide bonds. The summed E-state index contributed by atoms with van der Waals surface area (Å²) in [5.41, 5.74) is 2.15. The highest BCUT2D eigenvalue weighted by atomic mass is 16.1. The van der Waals surface area contributed by atoms with Crippen LogP contribution in [0.1, 0.15) is 35.1 Å². The van der Waals surface area contributed by atoms with Crippen molar-refractivity contribution in [3.63, 3.8) is 0 Å². The lowest BCUT2D eigenvalue weighted by Gasteiger charge is -2.10. The van der Waals surface area contributed by atoms with Crippen molar-refractivity contribution in [3.8, 4) is 6.07 Å². The summed E-state index contributed by atoms with van der Waals surface area (Å²) in [6.45, 7) is 5.46. The summed E-state index contributed by atoms with van der Waals surface area (Å²) >= 11 is 0. The molecule has 5 nitrogen and oxygen atoms in total. The number of rotatable bonds is 3. The van der Waals surface area contributed by atoms with E-state index in [9.17, 15) is 4.79 Å². The third kappa shape index (κ3) is 2.40. The fourth-order valence-electron chi connectivity index (χ4n) is 1.59. The maximum absolute atomic E-state index is 11.9. The molecule has 1 heterocycles. The van der Waals surface area contributed by atoms with Gasteiger partial charge in [0.15, 0.2) is 0 Å². The van der Waals surface area contributed by atoms with Crippen molar-refractivity contribution in [1.29, 1.82) is 5.26 Å². The lowest BCUT2D eigenvalue weighted by molar-refractivity contribution is 0.0939. The van der Waals surface area contributed by atoms with E-state index in [1.807, 2.05) is 19.9 Å². The molecule has 5 heteroatoms. The van der Waals surface area contributed by atoms with E-state index >= 15 is 0 Å². The molecule has 0 saturated carbocycles.